The van der Waals surface area contributed by atoms with Gasteiger partial charge in [-0.3, -0.25) is 9.69 Å². The van der Waals surface area contributed by atoms with Gasteiger partial charge in [-0.2, -0.15) is 0 Å². The van der Waals surface area contributed by atoms with E-state index in [0.29, 0.717) is 12.0 Å². The molecule has 1 aliphatic rings. The van der Waals surface area contributed by atoms with Gasteiger partial charge in [-0.1, -0.05) is 84.1 Å². The largest absolute Gasteiger partial charge is 0.369 e. The second kappa shape index (κ2) is 21.1. The highest BCUT2D eigenvalue weighted by atomic mass is 16.1. The van der Waals surface area contributed by atoms with Crippen molar-refractivity contribution in [1.29, 1.82) is 0 Å². The van der Waals surface area contributed by atoms with Crippen molar-refractivity contribution < 1.29 is 4.79 Å². The number of piperidine rings is 1. The Morgan fingerprint density at radius 1 is 1.05 bits per heavy atom. The summed E-state index contributed by atoms with van der Waals surface area (Å²) in [6, 6.07) is 6.84. The third-order valence-electron chi connectivity index (χ3n) is 7.28. The smallest absolute Gasteiger partial charge is 0.150 e. The zero-order valence-electron chi connectivity index (χ0n) is 24.6. The van der Waals surface area contributed by atoms with E-state index in [-0.39, 0.29) is 0 Å². The van der Waals surface area contributed by atoms with Gasteiger partial charge in [0.25, 0.3) is 0 Å². The first-order valence-corrected chi connectivity index (χ1v) is 15.0. The van der Waals surface area contributed by atoms with Gasteiger partial charge < -0.3 is 10.2 Å². The number of hydrogen-bond acceptors (Lipinski definition) is 4. The minimum atomic E-state index is 0.383. The molecule has 1 fully saturated rings. The minimum Gasteiger partial charge on any atom is -0.369 e. The first kappa shape index (κ1) is 33.1. The van der Waals surface area contributed by atoms with Crippen LogP contribution in [0.5, 0.6) is 0 Å². The molecule has 0 amide bonds. The molecule has 1 saturated heterocycles. The third kappa shape index (κ3) is 14.0. The summed E-state index contributed by atoms with van der Waals surface area (Å²) in [7, 11) is 0. The van der Waals surface area contributed by atoms with Crippen LogP contribution in [0.2, 0.25) is 0 Å². The number of benzene rings is 1. The average molecular weight is 512 g/mol. The van der Waals surface area contributed by atoms with E-state index in [1.54, 1.807) is 0 Å². The molecule has 1 N–H and O–H groups in total. The molecule has 0 bridgehead atoms. The minimum absolute atomic E-state index is 0.383. The molecule has 37 heavy (non-hydrogen) atoms. The van der Waals surface area contributed by atoms with Crippen LogP contribution < -0.4 is 10.2 Å². The highest BCUT2D eigenvalue weighted by molar-refractivity contribution is 5.78. The number of anilines is 1. The number of carbonyl (C=O) groups excluding carboxylic acids is 1. The summed E-state index contributed by atoms with van der Waals surface area (Å²) in [5.41, 5.74) is 3.31. The fraction of sp³-hybridized carbons (Fsp3) is 0.667. The monoisotopic (exact) mass is 511 g/mol. The molecule has 2 rings (SSSR count). The van der Waals surface area contributed by atoms with E-state index in [1.807, 2.05) is 18.2 Å². The van der Waals surface area contributed by atoms with E-state index in [0.717, 1.165) is 64.0 Å². The van der Waals surface area contributed by atoms with Gasteiger partial charge in [0.15, 0.2) is 0 Å². The van der Waals surface area contributed by atoms with Gasteiger partial charge >= 0.3 is 0 Å². The number of nitrogens with zero attached hydrogens (tertiary/aromatic N) is 2. The molecule has 0 saturated carbocycles. The van der Waals surface area contributed by atoms with E-state index in [2.05, 4.69) is 68.1 Å². The maximum absolute atomic E-state index is 11.5. The standard InChI is InChI=1S/C28H45N3O.C5H12/c1-5-8-11-26-14-13-25(23-32)21-28(26)31(22-24(4)7-3)20-19-30(17-6-2)18-15-27-12-9-10-16-29-27;1-3-5-4-2/h6-7,13-14,21,23-24,27,29H,2-3,5,8-12,15-20,22H2,1,4H3;3-5H2,1-2H3. The lowest BCUT2D eigenvalue weighted by Crippen LogP contribution is -2.41. The Morgan fingerprint density at radius 3 is 2.38 bits per heavy atom. The number of carbonyl (C=O) groups is 1. The Hall–Kier alpha value is -1.91. The number of aryl methyl sites for hydroxylation is 1. The summed E-state index contributed by atoms with van der Waals surface area (Å²) in [4.78, 5) is 16.5. The van der Waals surface area contributed by atoms with E-state index in [1.165, 1.54) is 62.6 Å². The van der Waals surface area contributed by atoms with E-state index in [9.17, 15) is 4.79 Å². The molecule has 210 valence electrons. The lowest BCUT2D eigenvalue weighted by molar-refractivity contribution is 0.112. The molecular weight excluding hydrogens is 454 g/mol. The number of unbranched alkanes of at least 4 members (excludes halogenated alkanes) is 3. The lowest BCUT2D eigenvalue weighted by Gasteiger charge is -2.33. The van der Waals surface area contributed by atoms with Crippen LogP contribution in [0.15, 0.2) is 43.5 Å². The number of rotatable bonds is 18. The van der Waals surface area contributed by atoms with Crippen molar-refractivity contribution in [3.05, 3.63) is 54.6 Å². The quantitative estimate of drug-likeness (QED) is 0.162. The summed E-state index contributed by atoms with van der Waals surface area (Å²) in [6.45, 7) is 22.9. The molecule has 0 radical (unpaired) electrons. The van der Waals surface area contributed by atoms with Crippen molar-refractivity contribution >= 4 is 12.0 Å². The second-order valence-electron chi connectivity index (χ2n) is 10.6. The van der Waals surface area contributed by atoms with Crippen LogP contribution in [-0.4, -0.2) is 56.5 Å². The predicted octanol–water partition coefficient (Wildman–Crippen LogP) is 7.69. The summed E-state index contributed by atoms with van der Waals surface area (Å²) in [6.07, 6.45) is 17.6. The van der Waals surface area contributed by atoms with Crippen molar-refractivity contribution in [3.63, 3.8) is 0 Å². The van der Waals surface area contributed by atoms with E-state index < -0.39 is 0 Å². The Morgan fingerprint density at radius 2 is 1.81 bits per heavy atom. The molecule has 0 aromatic heterocycles. The maximum atomic E-state index is 11.5. The summed E-state index contributed by atoms with van der Waals surface area (Å²) >= 11 is 0. The maximum Gasteiger partial charge on any atom is 0.150 e. The average Bonchev–Trinajstić information content (AvgIpc) is 2.93. The first-order valence-electron chi connectivity index (χ1n) is 15.0. The van der Waals surface area contributed by atoms with Crippen LogP contribution in [0.4, 0.5) is 5.69 Å². The van der Waals surface area contributed by atoms with Crippen molar-refractivity contribution in [3.8, 4) is 0 Å². The van der Waals surface area contributed by atoms with Crippen LogP contribution in [0.1, 0.15) is 101 Å². The third-order valence-corrected chi connectivity index (χ3v) is 7.28. The lowest BCUT2D eigenvalue weighted by atomic mass is 10.0. The second-order valence-corrected chi connectivity index (χ2v) is 10.6. The molecule has 0 spiro atoms. The van der Waals surface area contributed by atoms with Crippen LogP contribution >= 0.6 is 0 Å². The molecule has 4 heteroatoms. The van der Waals surface area contributed by atoms with Gasteiger partial charge in [-0.15, -0.1) is 13.2 Å². The SMILES string of the molecule is C=CCN(CCC1CCCCN1)CCN(CC(C)C=C)c1cc(C=O)ccc1CCCC.CCCCC. The zero-order chi connectivity index (χ0) is 27.3. The molecule has 1 aromatic rings. The van der Waals surface area contributed by atoms with Crippen molar-refractivity contribution in [2.75, 3.05) is 44.2 Å². The molecule has 0 aliphatic carbocycles. The number of aldehydes is 1. The molecule has 1 aliphatic heterocycles. The topological polar surface area (TPSA) is 35.6 Å². The molecule has 1 heterocycles. The van der Waals surface area contributed by atoms with Crippen LogP contribution in [0, 0.1) is 5.92 Å². The van der Waals surface area contributed by atoms with E-state index >= 15 is 0 Å². The fourth-order valence-corrected chi connectivity index (χ4v) is 4.86. The fourth-order valence-electron chi connectivity index (χ4n) is 4.86. The van der Waals surface area contributed by atoms with Gasteiger partial charge in [0, 0.05) is 50.0 Å². The van der Waals surface area contributed by atoms with Crippen LogP contribution in [0.3, 0.4) is 0 Å². The molecule has 2 unspecified atom stereocenters. The van der Waals surface area contributed by atoms with Gasteiger partial charge in [-0.05, 0) is 56.2 Å². The van der Waals surface area contributed by atoms with Crippen molar-refractivity contribution in [1.82, 2.24) is 10.2 Å². The van der Waals surface area contributed by atoms with Crippen LogP contribution in [0.25, 0.3) is 0 Å². The van der Waals surface area contributed by atoms with Gasteiger partial charge in [0.2, 0.25) is 0 Å². The van der Waals surface area contributed by atoms with Gasteiger partial charge in [0.1, 0.15) is 6.29 Å². The van der Waals surface area contributed by atoms with Gasteiger partial charge in [0.05, 0.1) is 0 Å². The summed E-state index contributed by atoms with van der Waals surface area (Å²) in [5.74, 6) is 0.383. The molecule has 4 nitrogen and oxygen atoms in total. The molecule has 1 aromatic carbocycles. The Bertz CT molecular complexity index is 739. The molecule has 2 atom stereocenters. The summed E-state index contributed by atoms with van der Waals surface area (Å²) < 4.78 is 0. The number of nitrogens with one attached hydrogen (secondary N) is 1. The van der Waals surface area contributed by atoms with Crippen LogP contribution in [-0.2, 0) is 6.42 Å². The summed E-state index contributed by atoms with van der Waals surface area (Å²) in [5, 5.41) is 3.67. The zero-order valence-corrected chi connectivity index (χ0v) is 24.6. The predicted molar refractivity (Wildman–Crippen MR) is 164 cm³/mol. The normalized spacial score (nSPS) is 16.0. The first-order chi connectivity index (χ1) is 18.0. The highest BCUT2D eigenvalue weighted by Gasteiger charge is 2.17. The molecular formula is C33H57N3O. The van der Waals surface area contributed by atoms with Crippen molar-refractivity contribution in [2.24, 2.45) is 5.92 Å². The Labute approximate surface area is 229 Å². The Kier molecular flexibility index (Phi) is 18.9. The van der Waals surface area contributed by atoms with Crippen molar-refractivity contribution in [2.45, 2.75) is 97.9 Å². The highest BCUT2D eigenvalue weighted by Crippen LogP contribution is 2.25. The van der Waals surface area contributed by atoms with E-state index in [4.69, 9.17) is 0 Å². The number of hydrogen-bond donors (Lipinski definition) is 1. The Balaban J connectivity index is 0.00000124. The van der Waals surface area contributed by atoms with Gasteiger partial charge in [-0.25, -0.2) is 0 Å².